The van der Waals surface area contributed by atoms with Gasteiger partial charge in [0.1, 0.15) is 0 Å². The summed E-state index contributed by atoms with van der Waals surface area (Å²) in [5.74, 6) is -0.727. The average Bonchev–Trinajstić information content (AvgIpc) is 2.36. The molecule has 1 atom stereocenters. The highest BCUT2D eigenvalue weighted by Gasteiger charge is 2.11. The first-order chi connectivity index (χ1) is 9.47. The zero-order chi connectivity index (χ0) is 14.7. The fraction of sp³-hybridized carbons (Fsp3) is 0.143. The molecule has 0 saturated carbocycles. The molecule has 20 heavy (non-hydrogen) atoms. The van der Waals surface area contributed by atoms with E-state index >= 15 is 0 Å². The van der Waals surface area contributed by atoms with Crippen LogP contribution in [0.15, 0.2) is 36.4 Å². The van der Waals surface area contributed by atoms with Crippen LogP contribution < -0.4 is 0 Å². The molecule has 0 aliphatic carbocycles. The van der Waals surface area contributed by atoms with Crippen molar-refractivity contribution in [2.45, 2.75) is 13.3 Å². The van der Waals surface area contributed by atoms with Crippen LogP contribution in [0.2, 0.25) is 0 Å². The first kappa shape index (κ1) is 14.7. The van der Waals surface area contributed by atoms with Crippen LogP contribution in [0, 0.1) is 0 Å². The highest BCUT2D eigenvalue weighted by Crippen LogP contribution is 2.21. The van der Waals surface area contributed by atoms with Crippen LogP contribution in [0.1, 0.15) is 22.8 Å². The maximum absolute atomic E-state index is 11.6. The van der Waals surface area contributed by atoms with Gasteiger partial charge in [-0.05, 0) is 29.3 Å². The smallest absolute Gasteiger partial charge is 0.325 e. The number of Topliss-reactive ketones (excluding diaryl/α,β-unsaturated/α-hetero) is 1. The molecule has 104 valence electrons. The molecule has 0 N–H and O–H groups in total. The van der Waals surface area contributed by atoms with Crippen LogP contribution in [0.25, 0.3) is 10.8 Å². The molecule has 0 amide bonds. The van der Waals surface area contributed by atoms with E-state index in [2.05, 4.69) is 4.18 Å². The molecule has 6 heteroatoms. The zero-order valence-electron chi connectivity index (χ0n) is 10.6. The summed E-state index contributed by atoms with van der Waals surface area (Å²) < 4.78 is 15.0. The Morgan fingerprint density at radius 3 is 2.65 bits per heavy atom. The summed E-state index contributed by atoms with van der Waals surface area (Å²) in [6.07, 6.45) is -0.0549. The predicted octanol–water partition coefficient (Wildman–Crippen LogP) is 2.95. The number of hydrogen-bond acceptors (Lipinski definition) is 4. The Morgan fingerprint density at radius 1 is 1.25 bits per heavy atom. The molecule has 0 fully saturated rings. The normalized spacial score (nSPS) is 12.1. The number of hydrogen-bond donors (Lipinski definition) is 0. The molecule has 0 aliphatic heterocycles. The minimum atomic E-state index is -2.14. The lowest BCUT2D eigenvalue weighted by atomic mass is 9.99. The van der Waals surface area contributed by atoms with Crippen molar-refractivity contribution in [1.82, 2.24) is 0 Å². The summed E-state index contributed by atoms with van der Waals surface area (Å²) in [6, 6.07) is 10.8. The fourth-order valence-electron chi connectivity index (χ4n) is 2.01. The van der Waals surface area contributed by atoms with Gasteiger partial charge in [0.2, 0.25) is 0 Å². The number of rotatable bonds is 4. The molecule has 0 saturated heterocycles. The third-order valence-electron chi connectivity index (χ3n) is 2.83. The molecule has 0 spiro atoms. The van der Waals surface area contributed by atoms with Gasteiger partial charge in [0.15, 0.2) is 5.78 Å². The van der Waals surface area contributed by atoms with E-state index in [9.17, 15) is 13.8 Å². The van der Waals surface area contributed by atoms with E-state index in [1.807, 2.05) is 18.2 Å². The standard InChI is InChI=1S/C14H11ClO4S/c1-9(16)12-4-2-3-11-6-5-10(7-13(11)12)8-14(17)19-20(15)18/h2-7H,8H2,1H3. The Morgan fingerprint density at radius 2 is 2.00 bits per heavy atom. The second-order valence-electron chi connectivity index (χ2n) is 4.24. The second-order valence-corrected chi connectivity index (χ2v) is 5.55. The summed E-state index contributed by atoms with van der Waals surface area (Å²) in [5.41, 5.74) is 1.26. The summed E-state index contributed by atoms with van der Waals surface area (Å²) in [5, 5.41) is 1.69. The minimum Gasteiger partial charge on any atom is -0.352 e. The van der Waals surface area contributed by atoms with Gasteiger partial charge in [-0.15, -0.1) is 0 Å². The monoisotopic (exact) mass is 310 g/mol. The van der Waals surface area contributed by atoms with E-state index in [0.717, 1.165) is 10.8 Å². The van der Waals surface area contributed by atoms with Crippen LogP contribution in [0.4, 0.5) is 0 Å². The van der Waals surface area contributed by atoms with Gasteiger partial charge in [0.25, 0.3) is 0 Å². The minimum absolute atomic E-state index is 0.0443. The Kier molecular flexibility index (Phi) is 4.52. The molecule has 2 rings (SSSR count). The zero-order valence-corrected chi connectivity index (χ0v) is 12.2. The van der Waals surface area contributed by atoms with E-state index in [1.165, 1.54) is 6.92 Å². The van der Waals surface area contributed by atoms with Crippen molar-refractivity contribution >= 4 is 43.5 Å². The van der Waals surface area contributed by atoms with Crippen molar-refractivity contribution in [3.05, 3.63) is 47.5 Å². The summed E-state index contributed by atoms with van der Waals surface area (Å²) in [4.78, 5) is 23.0. The Labute approximate surface area is 122 Å². The Bertz CT molecular complexity index is 711. The van der Waals surface area contributed by atoms with Crippen LogP contribution in [0.5, 0.6) is 0 Å². The van der Waals surface area contributed by atoms with Gasteiger partial charge in [0.05, 0.1) is 6.42 Å². The summed E-state index contributed by atoms with van der Waals surface area (Å²) >= 11 is 0. The average molecular weight is 311 g/mol. The lowest BCUT2D eigenvalue weighted by molar-refractivity contribution is -0.132. The Hall–Kier alpha value is -1.72. The van der Waals surface area contributed by atoms with E-state index in [0.29, 0.717) is 11.1 Å². The molecule has 0 aliphatic rings. The van der Waals surface area contributed by atoms with E-state index < -0.39 is 16.3 Å². The molecular weight excluding hydrogens is 300 g/mol. The third kappa shape index (κ3) is 3.43. The number of ketones is 1. The van der Waals surface area contributed by atoms with Crippen molar-refractivity contribution < 1.29 is 18.0 Å². The molecular formula is C14H11ClO4S. The summed E-state index contributed by atoms with van der Waals surface area (Å²) in [6.45, 7) is 1.49. The van der Waals surface area contributed by atoms with Crippen LogP contribution in [-0.4, -0.2) is 16.0 Å². The quantitative estimate of drug-likeness (QED) is 0.643. The van der Waals surface area contributed by atoms with E-state index in [4.69, 9.17) is 10.7 Å². The summed E-state index contributed by atoms with van der Waals surface area (Å²) in [7, 11) is 2.95. The van der Waals surface area contributed by atoms with E-state index in [1.54, 1.807) is 18.2 Å². The van der Waals surface area contributed by atoms with Gasteiger partial charge in [-0.2, -0.15) is 4.21 Å². The topological polar surface area (TPSA) is 60.4 Å². The van der Waals surface area contributed by atoms with Crippen molar-refractivity contribution in [3.63, 3.8) is 0 Å². The van der Waals surface area contributed by atoms with Gasteiger partial charge in [-0.1, -0.05) is 30.3 Å². The molecule has 1 unspecified atom stereocenters. The van der Waals surface area contributed by atoms with Gasteiger partial charge in [0, 0.05) is 16.2 Å². The maximum atomic E-state index is 11.6. The molecule has 0 radical (unpaired) electrons. The predicted molar refractivity (Wildman–Crippen MR) is 77.7 cm³/mol. The first-order valence-corrected chi connectivity index (χ1v) is 7.69. The highest BCUT2D eigenvalue weighted by molar-refractivity contribution is 8.04. The number of halogens is 1. The number of fused-ring (bicyclic) bond motifs is 1. The molecule has 0 bridgehead atoms. The van der Waals surface area contributed by atoms with Gasteiger partial charge in [-0.25, -0.2) is 0 Å². The third-order valence-corrected chi connectivity index (χ3v) is 3.34. The SMILES string of the molecule is CC(=O)c1cccc2ccc(CC(=O)OS(=O)Cl)cc12. The van der Waals surface area contributed by atoms with E-state index in [-0.39, 0.29) is 12.2 Å². The molecule has 2 aromatic rings. The number of benzene rings is 2. The molecule has 0 aromatic heterocycles. The van der Waals surface area contributed by atoms with Crippen LogP contribution in [0.3, 0.4) is 0 Å². The molecule has 2 aromatic carbocycles. The van der Waals surface area contributed by atoms with Crippen LogP contribution >= 0.6 is 10.7 Å². The van der Waals surface area contributed by atoms with Gasteiger partial charge >= 0.3 is 16.3 Å². The number of carbonyl (C=O) groups excluding carboxylic acids is 2. The first-order valence-electron chi connectivity index (χ1n) is 5.79. The highest BCUT2D eigenvalue weighted by atomic mass is 35.7. The lowest BCUT2D eigenvalue weighted by Gasteiger charge is -2.06. The van der Waals surface area contributed by atoms with Gasteiger partial charge in [-0.3, -0.25) is 9.59 Å². The molecule has 4 nitrogen and oxygen atoms in total. The Balaban J connectivity index is 2.37. The van der Waals surface area contributed by atoms with Gasteiger partial charge < -0.3 is 4.18 Å². The van der Waals surface area contributed by atoms with Crippen LogP contribution in [-0.2, 0) is 25.7 Å². The fourth-order valence-corrected chi connectivity index (χ4v) is 2.42. The molecule has 0 heterocycles. The lowest BCUT2D eigenvalue weighted by Crippen LogP contribution is -2.07. The van der Waals surface area contributed by atoms with Crippen molar-refractivity contribution in [1.29, 1.82) is 0 Å². The van der Waals surface area contributed by atoms with Crippen molar-refractivity contribution in [3.8, 4) is 0 Å². The van der Waals surface area contributed by atoms with Crippen molar-refractivity contribution in [2.75, 3.05) is 0 Å². The number of carbonyl (C=O) groups is 2. The second kappa shape index (κ2) is 6.15. The van der Waals surface area contributed by atoms with Crippen molar-refractivity contribution in [2.24, 2.45) is 0 Å². The maximum Gasteiger partial charge on any atom is 0.325 e. The largest absolute Gasteiger partial charge is 0.352 e.